The van der Waals surface area contributed by atoms with Crippen molar-refractivity contribution in [3.63, 3.8) is 0 Å². The molecule has 0 bridgehead atoms. The minimum Gasteiger partial charge on any atom is -0.467 e. The molecule has 0 unspecified atom stereocenters. The maximum atomic E-state index is 13.1. The van der Waals surface area contributed by atoms with Crippen LogP contribution in [-0.4, -0.2) is 35.0 Å². The number of amides is 1. The van der Waals surface area contributed by atoms with Crippen LogP contribution in [0, 0.1) is 0 Å². The molecule has 0 aromatic carbocycles. The van der Waals surface area contributed by atoms with E-state index in [-0.39, 0.29) is 17.7 Å². The van der Waals surface area contributed by atoms with Crippen molar-refractivity contribution in [2.75, 3.05) is 13.2 Å². The zero-order valence-electron chi connectivity index (χ0n) is 13.6. The van der Waals surface area contributed by atoms with Crippen molar-refractivity contribution < 1.29 is 22.8 Å². The van der Waals surface area contributed by atoms with Crippen LogP contribution in [0.3, 0.4) is 0 Å². The van der Waals surface area contributed by atoms with Gasteiger partial charge in [0, 0.05) is 13.2 Å². The molecule has 1 saturated heterocycles. The molecular formula is C18H18N2O5. The fourth-order valence-electron chi connectivity index (χ4n) is 2.97. The monoisotopic (exact) mass is 342 g/mol. The molecule has 0 radical (unpaired) electrons. The molecule has 0 N–H and O–H groups in total. The largest absolute Gasteiger partial charge is 0.467 e. The number of hydrogen-bond acceptors (Lipinski definition) is 6. The molecule has 7 heteroatoms. The first-order valence-electron chi connectivity index (χ1n) is 8.22. The number of hydrogen-bond donors (Lipinski definition) is 0. The van der Waals surface area contributed by atoms with E-state index in [0.717, 1.165) is 19.4 Å². The molecular weight excluding hydrogens is 324 g/mol. The van der Waals surface area contributed by atoms with Gasteiger partial charge < -0.3 is 22.9 Å². The Balaban J connectivity index is 1.59. The summed E-state index contributed by atoms with van der Waals surface area (Å²) in [7, 11) is 0. The van der Waals surface area contributed by atoms with Gasteiger partial charge in [-0.25, -0.2) is 4.98 Å². The van der Waals surface area contributed by atoms with Crippen molar-refractivity contribution >= 4 is 5.91 Å². The number of aromatic nitrogens is 1. The second kappa shape index (κ2) is 6.98. The number of rotatable bonds is 6. The highest BCUT2D eigenvalue weighted by Gasteiger charge is 2.29. The van der Waals surface area contributed by atoms with Crippen LogP contribution >= 0.6 is 0 Å². The number of ether oxygens (including phenoxy) is 1. The third-order valence-corrected chi connectivity index (χ3v) is 4.18. The summed E-state index contributed by atoms with van der Waals surface area (Å²) in [4.78, 5) is 18.9. The summed E-state index contributed by atoms with van der Waals surface area (Å²) in [6.07, 6.45) is 6.34. The SMILES string of the molecule is O=C(c1ncoc1-c1ccco1)N(Cc1ccco1)C[C@@H]1CCCO1. The Morgan fingerprint density at radius 2 is 2.08 bits per heavy atom. The highest BCUT2D eigenvalue weighted by atomic mass is 16.5. The van der Waals surface area contributed by atoms with Crippen molar-refractivity contribution in [3.05, 3.63) is 54.6 Å². The lowest BCUT2D eigenvalue weighted by atomic mass is 10.2. The molecule has 0 spiro atoms. The summed E-state index contributed by atoms with van der Waals surface area (Å²) in [5, 5.41) is 0. The highest BCUT2D eigenvalue weighted by Crippen LogP contribution is 2.26. The normalized spacial score (nSPS) is 17.0. The fourth-order valence-corrected chi connectivity index (χ4v) is 2.97. The van der Waals surface area contributed by atoms with Crippen molar-refractivity contribution in [2.24, 2.45) is 0 Å². The minimum absolute atomic E-state index is 0.0258. The first-order valence-corrected chi connectivity index (χ1v) is 8.22. The van der Waals surface area contributed by atoms with Gasteiger partial charge >= 0.3 is 0 Å². The van der Waals surface area contributed by atoms with Crippen LogP contribution in [-0.2, 0) is 11.3 Å². The third-order valence-electron chi connectivity index (χ3n) is 4.18. The maximum Gasteiger partial charge on any atom is 0.277 e. The molecule has 7 nitrogen and oxygen atoms in total. The van der Waals surface area contributed by atoms with E-state index in [4.69, 9.17) is 18.0 Å². The summed E-state index contributed by atoms with van der Waals surface area (Å²) in [5.74, 6) is 1.25. The molecule has 4 heterocycles. The zero-order chi connectivity index (χ0) is 17.1. The summed E-state index contributed by atoms with van der Waals surface area (Å²) >= 11 is 0. The van der Waals surface area contributed by atoms with Crippen LogP contribution in [0.5, 0.6) is 0 Å². The zero-order valence-corrected chi connectivity index (χ0v) is 13.6. The van der Waals surface area contributed by atoms with Gasteiger partial charge in [0.05, 0.1) is 25.2 Å². The summed E-state index contributed by atoms with van der Waals surface area (Å²) < 4.78 is 21.8. The lowest BCUT2D eigenvalue weighted by Gasteiger charge is -2.24. The molecule has 0 saturated carbocycles. The van der Waals surface area contributed by atoms with E-state index < -0.39 is 0 Å². The van der Waals surface area contributed by atoms with Gasteiger partial charge in [-0.1, -0.05) is 0 Å². The van der Waals surface area contributed by atoms with Gasteiger partial charge in [0.25, 0.3) is 5.91 Å². The predicted octanol–water partition coefficient (Wildman–Crippen LogP) is 3.35. The second-order valence-electron chi connectivity index (χ2n) is 5.91. The Kier molecular flexibility index (Phi) is 4.39. The number of nitrogens with zero attached hydrogens (tertiary/aromatic N) is 2. The predicted molar refractivity (Wildman–Crippen MR) is 86.6 cm³/mol. The van der Waals surface area contributed by atoms with Crippen molar-refractivity contribution in [1.29, 1.82) is 0 Å². The van der Waals surface area contributed by atoms with Crippen molar-refractivity contribution in [3.8, 4) is 11.5 Å². The van der Waals surface area contributed by atoms with Crippen molar-refractivity contribution in [2.45, 2.75) is 25.5 Å². The van der Waals surface area contributed by atoms with E-state index in [1.165, 1.54) is 12.7 Å². The number of carbonyl (C=O) groups is 1. The quantitative estimate of drug-likeness (QED) is 0.683. The molecule has 3 aromatic rings. The summed E-state index contributed by atoms with van der Waals surface area (Å²) in [6, 6.07) is 7.10. The molecule has 25 heavy (non-hydrogen) atoms. The van der Waals surface area contributed by atoms with Crippen LogP contribution in [0.4, 0.5) is 0 Å². The highest BCUT2D eigenvalue weighted by molar-refractivity contribution is 5.97. The molecule has 4 rings (SSSR count). The van der Waals surface area contributed by atoms with Crippen molar-refractivity contribution in [1.82, 2.24) is 9.88 Å². The average molecular weight is 342 g/mol. The molecule has 1 aliphatic rings. The lowest BCUT2D eigenvalue weighted by molar-refractivity contribution is 0.0487. The first kappa shape index (κ1) is 15.7. The lowest BCUT2D eigenvalue weighted by Crippen LogP contribution is -2.37. The van der Waals surface area contributed by atoms with E-state index in [2.05, 4.69) is 4.98 Å². The number of furan rings is 2. The van der Waals surface area contributed by atoms with E-state index in [1.54, 1.807) is 29.4 Å². The van der Waals surface area contributed by atoms with E-state index in [9.17, 15) is 4.79 Å². The molecule has 0 aliphatic carbocycles. The fraction of sp³-hybridized carbons (Fsp3) is 0.333. The van der Waals surface area contributed by atoms with Gasteiger partial charge in [-0.05, 0) is 37.1 Å². The third kappa shape index (κ3) is 3.36. The maximum absolute atomic E-state index is 13.1. The Morgan fingerprint density at radius 3 is 2.80 bits per heavy atom. The van der Waals surface area contributed by atoms with Crippen LogP contribution in [0.2, 0.25) is 0 Å². The topological polar surface area (TPSA) is 81.9 Å². The van der Waals surface area contributed by atoms with Crippen LogP contribution in [0.1, 0.15) is 29.1 Å². The first-order chi connectivity index (χ1) is 12.3. The van der Waals surface area contributed by atoms with E-state index in [1.807, 2.05) is 6.07 Å². The Bertz CT molecular complexity index is 801. The second-order valence-corrected chi connectivity index (χ2v) is 5.91. The van der Waals surface area contributed by atoms with Gasteiger partial charge in [-0.15, -0.1) is 0 Å². The number of oxazole rings is 1. The Morgan fingerprint density at radius 1 is 1.20 bits per heavy atom. The standard InChI is InChI=1S/C18H18N2O5/c21-18(16-17(25-12-19-16)15-6-3-9-24-15)20(10-13-4-1-7-22-13)11-14-5-2-8-23-14/h1,3-4,6-7,9,12,14H,2,5,8,10-11H2/t14-/m0/s1. The summed E-state index contributed by atoms with van der Waals surface area (Å²) in [6.45, 7) is 1.55. The minimum atomic E-state index is -0.243. The molecule has 1 aliphatic heterocycles. The van der Waals surface area contributed by atoms with Crippen LogP contribution in [0.25, 0.3) is 11.5 Å². The smallest absolute Gasteiger partial charge is 0.277 e. The molecule has 1 amide bonds. The van der Waals surface area contributed by atoms with Gasteiger partial charge in [-0.3, -0.25) is 4.79 Å². The molecule has 1 fully saturated rings. The molecule has 130 valence electrons. The van der Waals surface area contributed by atoms with E-state index >= 15 is 0 Å². The van der Waals surface area contributed by atoms with Gasteiger partial charge in [0.2, 0.25) is 5.76 Å². The Hall–Kier alpha value is -2.80. The van der Waals surface area contributed by atoms with E-state index in [0.29, 0.717) is 30.4 Å². The summed E-state index contributed by atoms with van der Waals surface area (Å²) in [5.41, 5.74) is 0.222. The van der Waals surface area contributed by atoms with Gasteiger partial charge in [0.15, 0.2) is 17.8 Å². The number of carbonyl (C=O) groups excluding carboxylic acids is 1. The van der Waals surface area contributed by atoms with Gasteiger partial charge in [0.1, 0.15) is 5.76 Å². The molecule has 3 aromatic heterocycles. The van der Waals surface area contributed by atoms with Crippen LogP contribution in [0.15, 0.2) is 56.4 Å². The Labute approximate surface area is 144 Å². The average Bonchev–Trinajstić information content (AvgIpc) is 3.41. The van der Waals surface area contributed by atoms with Crippen LogP contribution < -0.4 is 0 Å². The molecule has 1 atom stereocenters. The van der Waals surface area contributed by atoms with Gasteiger partial charge in [-0.2, -0.15) is 0 Å².